The molecule has 0 aromatic heterocycles. The fourth-order valence-electron chi connectivity index (χ4n) is 0.792. The summed E-state index contributed by atoms with van der Waals surface area (Å²) >= 11 is 0. The van der Waals surface area contributed by atoms with E-state index in [0.29, 0.717) is 0 Å². The van der Waals surface area contributed by atoms with Crippen molar-refractivity contribution in [2.45, 2.75) is 6.10 Å². The molecule has 5 nitrogen and oxygen atoms in total. The van der Waals surface area contributed by atoms with Crippen LogP contribution in [-0.2, 0) is 19.3 Å². The Morgan fingerprint density at radius 1 is 1.58 bits per heavy atom. The Bertz CT molecular complexity index is 302. The zero-order valence-corrected chi connectivity index (χ0v) is 7.21. The smallest absolute Gasteiger partial charge is 0.438 e. The first kappa shape index (κ1) is 9.05. The summed E-state index contributed by atoms with van der Waals surface area (Å²) in [5.74, 6) is -0.192. The fourth-order valence-corrected chi connectivity index (χ4v) is 1.96. The van der Waals surface area contributed by atoms with Crippen LogP contribution in [0, 0.1) is 0 Å². The van der Waals surface area contributed by atoms with Gasteiger partial charge in [-0.1, -0.05) is 0 Å². The highest BCUT2D eigenvalue weighted by molar-refractivity contribution is 7.94. The van der Waals surface area contributed by atoms with Crippen LogP contribution in [0.4, 0.5) is 4.79 Å². The zero-order valence-electron chi connectivity index (χ0n) is 6.39. The predicted molar refractivity (Wildman–Crippen MR) is 40.2 cm³/mol. The second-order valence-electron chi connectivity index (χ2n) is 2.27. The molecule has 1 aliphatic heterocycles. The van der Waals surface area contributed by atoms with Crippen molar-refractivity contribution in [3.05, 3.63) is 11.5 Å². The van der Waals surface area contributed by atoms with E-state index in [0.717, 1.165) is 12.5 Å². The molecule has 0 bridgehead atoms. The largest absolute Gasteiger partial charge is 0.508 e. The molecular formula is C6H8O5S. The van der Waals surface area contributed by atoms with Gasteiger partial charge in [-0.3, -0.25) is 0 Å². The third-order valence-corrected chi connectivity index (χ3v) is 2.68. The number of methoxy groups -OCH3 is 1. The van der Waals surface area contributed by atoms with E-state index in [1.165, 1.54) is 6.08 Å². The van der Waals surface area contributed by atoms with Gasteiger partial charge >= 0.3 is 6.16 Å². The van der Waals surface area contributed by atoms with Crippen LogP contribution in [0.1, 0.15) is 0 Å². The van der Waals surface area contributed by atoms with Gasteiger partial charge in [0, 0.05) is 5.41 Å². The number of hydrogen-bond donors (Lipinski definition) is 0. The van der Waals surface area contributed by atoms with Crippen molar-refractivity contribution in [3.63, 3.8) is 0 Å². The van der Waals surface area contributed by atoms with Crippen LogP contribution in [0.15, 0.2) is 11.5 Å². The summed E-state index contributed by atoms with van der Waals surface area (Å²) in [5, 5.41) is 1.03. The average Bonchev–Trinajstić information content (AvgIpc) is 2.30. The van der Waals surface area contributed by atoms with Crippen molar-refractivity contribution in [2.75, 3.05) is 12.9 Å². The molecule has 12 heavy (non-hydrogen) atoms. The van der Waals surface area contributed by atoms with Gasteiger partial charge in [0.1, 0.15) is 6.10 Å². The number of sulfone groups is 1. The van der Waals surface area contributed by atoms with Gasteiger partial charge in [-0.2, -0.15) is 0 Å². The normalized spacial score (nSPS) is 25.2. The molecule has 0 radical (unpaired) electrons. The minimum atomic E-state index is -3.16. The molecule has 6 heteroatoms. The topological polar surface area (TPSA) is 69.7 Å². The molecule has 0 N–H and O–H groups in total. The molecule has 1 unspecified atom stereocenters. The predicted octanol–water partition coefficient (Wildman–Crippen LogP) is 0.0801. The van der Waals surface area contributed by atoms with E-state index in [4.69, 9.17) is 0 Å². The maximum absolute atomic E-state index is 10.8. The van der Waals surface area contributed by atoms with Gasteiger partial charge in [0.2, 0.25) is 0 Å². The maximum Gasteiger partial charge on any atom is 0.508 e. The highest BCUT2D eigenvalue weighted by Gasteiger charge is 2.24. The Morgan fingerprint density at radius 2 is 2.25 bits per heavy atom. The molecule has 0 spiro atoms. The van der Waals surface area contributed by atoms with Crippen LogP contribution >= 0.6 is 0 Å². The van der Waals surface area contributed by atoms with Crippen LogP contribution in [0.3, 0.4) is 0 Å². The second-order valence-corrected chi connectivity index (χ2v) is 4.20. The Kier molecular flexibility index (Phi) is 2.37. The molecule has 1 atom stereocenters. The van der Waals surface area contributed by atoms with Crippen molar-refractivity contribution in [1.82, 2.24) is 0 Å². The summed E-state index contributed by atoms with van der Waals surface area (Å²) in [6, 6.07) is 0. The monoisotopic (exact) mass is 192 g/mol. The Balaban J connectivity index is 2.51. The first-order valence-electron chi connectivity index (χ1n) is 3.19. The van der Waals surface area contributed by atoms with Gasteiger partial charge in [-0.25, -0.2) is 13.2 Å². The SMILES string of the molecule is COC(=O)OC1C=CS(=O)(=O)C1. The van der Waals surface area contributed by atoms with Crippen molar-refractivity contribution in [2.24, 2.45) is 0 Å². The molecule has 1 aliphatic rings. The lowest BCUT2D eigenvalue weighted by Crippen LogP contribution is -2.19. The van der Waals surface area contributed by atoms with Crippen LogP contribution in [0.2, 0.25) is 0 Å². The van der Waals surface area contributed by atoms with Gasteiger partial charge in [-0.05, 0) is 6.08 Å². The van der Waals surface area contributed by atoms with Crippen LogP contribution in [0.25, 0.3) is 0 Å². The second kappa shape index (κ2) is 3.14. The Morgan fingerprint density at radius 3 is 2.67 bits per heavy atom. The lowest BCUT2D eigenvalue weighted by atomic mass is 10.4. The molecule has 0 amide bonds. The highest BCUT2D eigenvalue weighted by atomic mass is 32.2. The first-order valence-corrected chi connectivity index (χ1v) is 4.90. The van der Waals surface area contributed by atoms with Crippen molar-refractivity contribution < 1.29 is 22.7 Å². The van der Waals surface area contributed by atoms with Gasteiger partial charge in [0.15, 0.2) is 9.84 Å². The van der Waals surface area contributed by atoms with Crippen LogP contribution in [0.5, 0.6) is 0 Å². The molecular weight excluding hydrogens is 184 g/mol. The molecule has 0 fully saturated rings. The Labute approximate surface area is 69.9 Å². The minimum absolute atomic E-state index is 0.192. The van der Waals surface area contributed by atoms with E-state index in [1.807, 2.05) is 0 Å². The summed E-state index contributed by atoms with van der Waals surface area (Å²) in [5.41, 5.74) is 0. The highest BCUT2D eigenvalue weighted by Crippen LogP contribution is 2.11. The van der Waals surface area contributed by atoms with Crippen molar-refractivity contribution >= 4 is 16.0 Å². The van der Waals surface area contributed by atoms with Crippen molar-refractivity contribution in [3.8, 4) is 0 Å². The minimum Gasteiger partial charge on any atom is -0.438 e. The molecule has 0 saturated carbocycles. The number of ether oxygens (including phenoxy) is 2. The molecule has 0 aliphatic carbocycles. The lowest BCUT2D eigenvalue weighted by Gasteiger charge is -2.06. The number of carbonyl (C=O) groups excluding carboxylic acids is 1. The third-order valence-electron chi connectivity index (χ3n) is 1.31. The summed E-state index contributed by atoms with van der Waals surface area (Å²) < 4.78 is 30.3. The van der Waals surface area contributed by atoms with Gasteiger partial charge in [0.05, 0.1) is 12.9 Å². The fraction of sp³-hybridized carbons (Fsp3) is 0.500. The van der Waals surface area contributed by atoms with Crippen LogP contribution < -0.4 is 0 Å². The molecule has 68 valence electrons. The van der Waals surface area contributed by atoms with E-state index < -0.39 is 22.1 Å². The molecule has 0 saturated heterocycles. The van der Waals surface area contributed by atoms with Gasteiger partial charge in [-0.15, -0.1) is 0 Å². The van der Waals surface area contributed by atoms with E-state index in [2.05, 4.69) is 9.47 Å². The Hall–Kier alpha value is -1.04. The average molecular weight is 192 g/mol. The number of rotatable bonds is 1. The van der Waals surface area contributed by atoms with Gasteiger partial charge < -0.3 is 9.47 Å². The third kappa shape index (κ3) is 2.23. The maximum atomic E-state index is 10.8. The van der Waals surface area contributed by atoms with Crippen molar-refractivity contribution in [1.29, 1.82) is 0 Å². The van der Waals surface area contributed by atoms with Crippen LogP contribution in [-0.4, -0.2) is 33.5 Å². The molecule has 1 rings (SSSR count). The molecule has 0 aromatic carbocycles. The molecule has 1 heterocycles. The number of hydrogen-bond acceptors (Lipinski definition) is 5. The first-order chi connectivity index (χ1) is 5.53. The lowest BCUT2D eigenvalue weighted by molar-refractivity contribution is 0.0594. The van der Waals surface area contributed by atoms with E-state index >= 15 is 0 Å². The van der Waals surface area contributed by atoms with Gasteiger partial charge in [0.25, 0.3) is 0 Å². The van der Waals surface area contributed by atoms with E-state index in [9.17, 15) is 13.2 Å². The van der Waals surface area contributed by atoms with E-state index in [-0.39, 0.29) is 5.75 Å². The quantitative estimate of drug-likeness (QED) is 0.550. The van der Waals surface area contributed by atoms with E-state index in [1.54, 1.807) is 0 Å². The molecule has 0 aromatic rings. The zero-order chi connectivity index (χ0) is 9.19. The summed E-state index contributed by atoms with van der Waals surface area (Å²) in [7, 11) is -2.00. The summed E-state index contributed by atoms with van der Waals surface area (Å²) in [4.78, 5) is 10.5. The number of carbonyl (C=O) groups is 1. The summed E-state index contributed by atoms with van der Waals surface area (Å²) in [6.45, 7) is 0. The summed E-state index contributed by atoms with van der Waals surface area (Å²) in [6.07, 6.45) is -0.268. The standard InChI is InChI=1S/C6H8O5S/c1-10-6(7)11-5-2-3-12(8,9)4-5/h2-3,5H,4H2,1H3.